The van der Waals surface area contributed by atoms with Crippen LogP contribution in [0.5, 0.6) is 0 Å². The van der Waals surface area contributed by atoms with Gasteiger partial charge in [-0.2, -0.15) is 0 Å². The Bertz CT molecular complexity index is 167. The fraction of sp³-hybridized carbons (Fsp3) is 0.909. The summed E-state index contributed by atoms with van der Waals surface area (Å²) in [5, 5.41) is 2.68. The first-order chi connectivity index (χ1) is 5.79. The number of nitrogens with one attached hydrogen (secondary N) is 1. The molecule has 0 aliphatic carbocycles. The predicted octanol–water partition coefficient (Wildman–Crippen LogP) is 2.44. The molecule has 0 aliphatic rings. The highest BCUT2D eigenvalue weighted by atomic mass is 16.1. The van der Waals surface area contributed by atoms with Gasteiger partial charge >= 0.3 is 0 Å². The van der Waals surface area contributed by atoms with E-state index in [4.69, 9.17) is 0 Å². The average molecular weight is 185 g/mol. The van der Waals surface area contributed by atoms with E-state index in [-0.39, 0.29) is 11.3 Å². The van der Waals surface area contributed by atoms with E-state index in [1.807, 2.05) is 0 Å². The van der Waals surface area contributed by atoms with Gasteiger partial charge < -0.3 is 5.32 Å². The molecule has 0 rings (SSSR count). The molecule has 13 heavy (non-hydrogen) atoms. The van der Waals surface area contributed by atoms with Gasteiger partial charge in [0, 0.05) is 13.5 Å². The van der Waals surface area contributed by atoms with Crippen molar-refractivity contribution in [3.63, 3.8) is 0 Å². The zero-order valence-corrected chi connectivity index (χ0v) is 9.77. The second-order valence-corrected chi connectivity index (χ2v) is 5.09. The van der Waals surface area contributed by atoms with Crippen LogP contribution in [0.2, 0.25) is 0 Å². The minimum Gasteiger partial charge on any atom is -0.359 e. The Balaban J connectivity index is 4.36. The van der Waals surface area contributed by atoms with Crippen LogP contribution in [0.1, 0.15) is 41.0 Å². The van der Waals surface area contributed by atoms with Gasteiger partial charge in [-0.05, 0) is 17.3 Å². The van der Waals surface area contributed by atoms with E-state index in [0.717, 1.165) is 0 Å². The Morgan fingerprint density at radius 2 is 1.77 bits per heavy atom. The lowest BCUT2D eigenvalue weighted by Gasteiger charge is -2.33. The number of carbonyl (C=O) groups is 1. The third-order valence-corrected chi connectivity index (χ3v) is 2.60. The van der Waals surface area contributed by atoms with Crippen LogP contribution in [0.25, 0.3) is 0 Å². The maximum Gasteiger partial charge on any atom is 0.220 e. The predicted molar refractivity (Wildman–Crippen MR) is 56.5 cm³/mol. The van der Waals surface area contributed by atoms with E-state index < -0.39 is 0 Å². The molecule has 0 unspecified atom stereocenters. The zero-order valence-electron chi connectivity index (χ0n) is 9.77. The van der Waals surface area contributed by atoms with E-state index in [1.54, 1.807) is 7.05 Å². The Morgan fingerprint density at radius 1 is 1.31 bits per heavy atom. The van der Waals surface area contributed by atoms with Gasteiger partial charge in [0.1, 0.15) is 0 Å². The molecule has 1 atom stereocenters. The third kappa shape index (κ3) is 4.30. The van der Waals surface area contributed by atoms with Gasteiger partial charge in [0.05, 0.1) is 0 Å². The summed E-state index contributed by atoms with van der Waals surface area (Å²) in [6.45, 7) is 10.9. The van der Waals surface area contributed by atoms with Gasteiger partial charge in [-0.15, -0.1) is 0 Å². The summed E-state index contributed by atoms with van der Waals surface area (Å²) < 4.78 is 0. The SMILES string of the molecule is CNC(=O)C[C@@H](C(C)C)C(C)(C)C. The molecule has 0 saturated heterocycles. The first-order valence-electron chi connectivity index (χ1n) is 4.99. The number of carbonyl (C=O) groups excluding carboxylic acids is 1. The monoisotopic (exact) mass is 185 g/mol. The number of amides is 1. The minimum absolute atomic E-state index is 0.147. The highest BCUT2D eigenvalue weighted by molar-refractivity contribution is 5.75. The summed E-state index contributed by atoms with van der Waals surface area (Å²) in [4.78, 5) is 11.3. The summed E-state index contributed by atoms with van der Waals surface area (Å²) in [6, 6.07) is 0. The molecule has 0 saturated carbocycles. The first-order valence-corrected chi connectivity index (χ1v) is 4.99. The van der Waals surface area contributed by atoms with Crippen LogP contribution < -0.4 is 5.32 Å². The van der Waals surface area contributed by atoms with Gasteiger partial charge in [0.2, 0.25) is 5.91 Å². The molecular formula is C11H23NO. The van der Waals surface area contributed by atoms with Crippen LogP contribution in [-0.4, -0.2) is 13.0 Å². The van der Waals surface area contributed by atoms with E-state index in [2.05, 4.69) is 39.9 Å². The fourth-order valence-electron chi connectivity index (χ4n) is 1.84. The molecule has 0 aromatic heterocycles. The van der Waals surface area contributed by atoms with Crippen molar-refractivity contribution >= 4 is 5.91 Å². The van der Waals surface area contributed by atoms with Crippen molar-refractivity contribution in [3.05, 3.63) is 0 Å². The molecule has 0 spiro atoms. The van der Waals surface area contributed by atoms with E-state index >= 15 is 0 Å². The van der Waals surface area contributed by atoms with Crippen molar-refractivity contribution in [3.8, 4) is 0 Å². The van der Waals surface area contributed by atoms with Crippen LogP contribution in [0.4, 0.5) is 0 Å². The Morgan fingerprint density at radius 3 is 2.00 bits per heavy atom. The smallest absolute Gasteiger partial charge is 0.220 e. The average Bonchev–Trinajstić information content (AvgIpc) is 1.96. The van der Waals surface area contributed by atoms with Crippen molar-refractivity contribution < 1.29 is 4.79 Å². The molecule has 0 radical (unpaired) electrons. The summed E-state index contributed by atoms with van der Waals surface area (Å²) in [5.41, 5.74) is 0.209. The maximum absolute atomic E-state index is 11.3. The largest absolute Gasteiger partial charge is 0.359 e. The summed E-state index contributed by atoms with van der Waals surface area (Å²) in [5.74, 6) is 1.15. The second-order valence-electron chi connectivity index (χ2n) is 5.09. The first kappa shape index (κ1) is 12.5. The number of rotatable bonds is 3. The van der Waals surface area contributed by atoms with E-state index in [1.165, 1.54) is 0 Å². The fourth-order valence-corrected chi connectivity index (χ4v) is 1.84. The molecule has 0 fully saturated rings. The van der Waals surface area contributed by atoms with E-state index in [0.29, 0.717) is 18.3 Å². The Kier molecular flexibility index (Phi) is 4.45. The van der Waals surface area contributed by atoms with Crippen molar-refractivity contribution in [1.82, 2.24) is 5.32 Å². The lowest BCUT2D eigenvalue weighted by atomic mass is 9.72. The Hall–Kier alpha value is -0.530. The number of hydrogen-bond acceptors (Lipinski definition) is 1. The highest BCUT2D eigenvalue weighted by Gasteiger charge is 2.28. The molecule has 0 aliphatic heterocycles. The summed E-state index contributed by atoms with van der Waals surface area (Å²) >= 11 is 0. The lowest BCUT2D eigenvalue weighted by Crippen LogP contribution is -2.31. The van der Waals surface area contributed by atoms with Crippen molar-refractivity contribution in [2.45, 2.75) is 41.0 Å². The molecule has 2 nitrogen and oxygen atoms in total. The summed E-state index contributed by atoms with van der Waals surface area (Å²) in [7, 11) is 1.70. The van der Waals surface area contributed by atoms with Crippen LogP contribution >= 0.6 is 0 Å². The van der Waals surface area contributed by atoms with Gasteiger partial charge in [-0.3, -0.25) is 4.79 Å². The van der Waals surface area contributed by atoms with Gasteiger partial charge in [-0.1, -0.05) is 34.6 Å². The molecule has 78 valence electrons. The lowest BCUT2D eigenvalue weighted by molar-refractivity contribution is -0.122. The van der Waals surface area contributed by atoms with Crippen molar-refractivity contribution in [2.24, 2.45) is 17.3 Å². The molecule has 2 heteroatoms. The van der Waals surface area contributed by atoms with Gasteiger partial charge in [0.25, 0.3) is 0 Å². The maximum atomic E-state index is 11.3. The normalized spacial score (nSPS) is 14.4. The molecule has 1 N–H and O–H groups in total. The van der Waals surface area contributed by atoms with Crippen LogP contribution in [0, 0.1) is 17.3 Å². The van der Waals surface area contributed by atoms with Crippen LogP contribution in [-0.2, 0) is 4.79 Å². The molecule has 0 bridgehead atoms. The summed E-state index contributed by atoms with van der Waals surface area (Å²) in [6.07, 6.45) is 0.637. The topological polar surface area (TPSA) is 29.1 Å². The molecule has 0 heterocycles. The van der Waals surface area contributed by atoms with Gasteiger partial charge in [0.15, 0.2) is 0 Å². The molecular weight excluding hydrogens is 162 g/mol. The molecule has 0 aromatic rings. The minimum atomic E-state index is 0.147. The third-order valence-electron chi connectivity index (χ3n) is 2.60. The zero-order chi connectivity index (χ0) is 10.6. The Labute approximate surface area is 82.1 Å². The number of hydrogen-bond donors (Lipinski definition) is 1. The van der Waals surface area contributed by atoms with Gasteiger partial charge in [-0.25, -0.2) is 0 Å². The quantitative estimate of drug-likeness (QED) is 0.719. The second kappa shape index (κ2) is 4.64. The van der Waals surface area contributed by atoms with Crippen molar-refractivity contribution in [2.75, 3.05) is 7.05 Å². The molecule has 1 amide bonds. The highest BCUT2D eigenvalue weighted by Crippen LogP contribution is 2.34. The van der Waals surface area contributed by atoms with Crippen molar-refractivity contribution in [1.29, 1.82) is 0 Å². The van der Waals surface area contributed by atoms with Crippen LogP contribution in [0.15, 0.2) is 0 Å². The molecule has 0 aromatic carbocycles. The van der Waals surface area contributed by atoms with E-state index in [9.17, 15) is 4.79 Å². The standard InChI is InChI=1S/C11H23NO/c1-8(2)9(11(3,4)5)7-10(13)12-6/h8-9H,7H2,1-6H3,(H,12,13)/t9-/m0/s1. The van der Waals surface area contributed by atoms with Crippen LogP contribution in [0.3, 0.4) is 0 Å².